The number of carbonyl (C=O) groups is 2. The zero-order valence-corrected chi connectivity index (χ0v) is 11.8. The van der Waals surface area contributed by atoms with E-state index in [4.69, 9.17) is 22.1 Å². The molecule has 3 N–H and O–H groups in total. The number of amides is 1. The minimum absolute atomic E-state index is 0.0142. The third kappa shape index (κ3) is 4.44. The smallest absolute Gasteiger partial charge is 0.338 e. The van der Waals surface area contributed by atoms with Crippen molar-refractivity contribution >= 4 is 29.2 Å². The molecule has 0 radical (unpaired) electrons. The lowest BCUT2D eigenvalue weighted by atomic mass is 10.2. The van der Waals surface area contributed by atoms with Crippen LogP contribution in [0, 0.1) is 0 Å². The molecular formula is C13H17ClN2O3. The summed E-state index contributed by atoms with van der Waals surface area (Å²) in [7, 11) is 0. The van der Waals surface area contributed by atoms with Gasteiger partial charge in [-0.15, -0.1) is 0 Å². The van der Waals surface area contributed by atoms with E-state index in [-0.39, 0.29) is 22.5 Å². The largest absolute Gasteiger partial charge is 0.449 e. The van der Waals surface area contributed by atoms with Crippen LogP contribution in [0.4, 0.5) is 5.69 Å². The quantitative estimate of drug-likeness (QED) is 0.654. The molecule has 0 spiro atoms. The third-order valence-corrected chi connectivity index (χ3v) is 2.65. The Hall–Kier alpha value is -1.75. The van der Waals surface area contributed by atoms with Crippen LogP contribution in [0.2, 0.25) is 5.02 Å². The first-order chi connectivity index (χ1) is 8.81. The maximum Gasteiger partial charge on any atom is 0.338 e. The number of hydrogen-bond donors (Lipinski definition) is 2. The number of esters is 1. The van der Waals surface area contributed by atoms with E-state index in [1.165, 1.54) is 25.1 Å². The molecule has 5 nitrogen and oxygen atoms in total. The molecule has 0 saturated carbocycles. The summed E-state index contributed by atoms with van der Waals surface area (Å²) in [5, 5.41) is 2.93. The Morgan fingerprint density at radius 1 is 1.32 bits per heavy atom. The molecule has 19 heavy (non-hydrogen) atoms. The van der Waals surface area contributed by atoms with Crippen molar-refractivity contribution in [2.45, 2.75) is 32.9 Å². The van der Waals surface area contributed by atoms with Crippen molar-refractivity contribution in [1.29, 1.82) is 0 Å². The SMILES string of the molecule is CC(C)NC(=O)C(C)OC(=O)c1ccc(N)c(Cl)c1. The molecule has 1 aromatic rings. The van der Waals surface area contributed by atoms with Gasteiger partial charge in [0.2, 0.25) is 0 Å². The van der Waals surface area contributed by atoms with E-state index in [1.807, 2.05) is 13.8 Å². The first kappa shape index (κ1) is 15.3. The highest BCUT2D eigenvalue weighted by Crippen LogP contribution is 2.20. The van der Waals surface area contributed by atoms with E-state index in [2.05, 4.69) is 5.32 Å². The summed E-state index contributed by atoms with van der Waals surface area (Å²) in [5.74, 6) is -0.960. The van der Waals surface area contributed by atoms with E-state index in [0.29, 0.717) is 5.69 Å². The van der Waals surface area contributed by atoms with Crippen LogP contribution in [0.1, 0.15) is 31.1 Å². The average Bonchev–Trinajstić information content (AvgIpc) is 2.31. The highest BCUT2D eigenvalue weighted by molar-refractivity contribution is 6.33. The summed E-state index contributed by atoms with van der Waals surface area (Å²) >= 11 is 5.81. The van der Waals surface area contributed by atoms with Gasteiger partial charge in [0.05, 0.1) is 16.3 Å². The summed E-state index contributed by atoms with van der Waals surface area (Å²) in [6.07, 6.45) is -0.869. The molecule has 0 aliphatic carbocycles. The maximum atomic E-state index is 11.8. The molecule has 1 aromatic carbocycles. The van der Waals surface area contributed by atoms with Crippen LogP contribution >= 0.6 is 11.6 Å². The molecule has 0 heterocycles. The molecule has 0 aliphatic rings. The number of rotatable bonds is 4. The normalized spacial score (nSPS) is 12.1. The van der Waals surface area contributed by atoms with Crippen molar-refractivity contribution < 1.29 is 14.3 Å². The first-order valence-electron chi connectivity index (χ1n) is 5.87. The van der Waals surface area contributed by atoms with Crippen molar-refractivity contribution in [2.75, 3.05) is 5.73 Å². The lowest BCUT2D eigenvalue weighted by Gasteiger charge is -2.15. The summed E-state index contributed by atoms with van der Waals surface area (Å²) in [4.78, 5) is 23.4. The molecule has 6 heteroatoms. The van der Waals surface area contributed by atoms with Gasteiger partial charge in [0, 0.05) is 6.04 Å². The Morgan fingerprint density at radius 3 is 2.47 bits per heavy atom. The van der Waals surface area contributed by atoms with E-state index in [0.717, 1.165) is 0 Å². The lowest BCUT2D eigenvalue weighted by molar-refractivity contribution is -0.129. The van der Waals surface area contributed by atoms with E-state index < -0.39 is 12.1 Å². The highest BCUT2D eigenvalue weighted by Gasteiger charge is 2.19. The van der Waals surface area contributed by atoms with Crippen LogP contribution in [0.25, 0.3) is 0 Å². The highest BCUT2D eigenvalue weighted by atomic mass is 35.5. The Morgan fingerprint density at radius 2 is 1.95 bits per heavy atom. The molecule has 0 fully saturated rings. The predicted octanol–water partition coefficient (Wildman–Crippen LogP) is 1.99. The van der Waals surface area contributed by atoms with Gasteiger partial charge in [0.15, 0.2) is 6.10 Å². The Labute approximate surface area is 117 Å². The number of nitrogens with one attached hydrogen (secondary N) is 1. The fraction of sp³-hybridized carbons (Fsp3) is 0.385. The molecular weight excluding hydrogens is 268 g/mol. The fourth-order valence-corrected chi connectivity index (χ4v) is 1.52. The summed E-state index contributed by atoms with van der Waals surface area (Å²) in [5.41, 5.74) is 6.18. The number of carbonyl (C=O) groups excluding carboxylic acids is 2. The van der Waals surface area contributed by atoms with Crippen molar-refractivity contribution in [3.8, 4) is 0 Å². The first-order valence-corrected chi connectivity index (χ1v) is 6.25. The van der Waals surface area contributed by atoms with Gasteiger partial charge >= 0.3 is 5.97 Å². The zero-order valence-electron chi connectivity index (χ0n) is 11.1. The molecule has 0 aliphatic heterocycles. The molecule has 0 saturated heterocycles. The topological polar surface area (TPSA) is 81.4 Å². The van der Waals surface area contributed by atoms with E-state index in [9.17, 15) is 9.59 Å². The summed E-state index contributed by atoms with van der Waals surface area (Å²) in [6, 6.07) is 4.40. The minimum Gasteiger partial charge on any atom is -0.449 e. The van der Waals surface area contributed by atoms with Crippen LogP contribution in [0.3, 0.4) is 0 Å². The fourth-order valence-electron chi connectivity index (χ4n) is 1.34. The van der Waals surface area contributed by atoms with Crippen molar-refractivity contribution in [3.05, 3.63) is 28.8 Å². The lowest BCUT2D eigenvalue weighted by Crippen LogP contribution is -2.39. The Balaban J connectivity index is 2.68. The number of nitrogen functional groups attached to an aromatic ring is 1. The number of nitrogens with two attached hydrogens (primary N) is 1. The van der Waals surface area contributed by atoms with Gasteiger partial charge in [-0.25, -0.2) is 4.79 Å². The van der Waals surface area contributed by atoms with Crippen LogP contribution in [-0.2, 0) is 9.53 Å². The molecule has 0 aromatic heterocycles. The van der Waals surface area contributed by atoms with E-state index >= 15 is 0 Å². The van der Waals surface area contributed by atoms with Gasteiger partial charge in [-0.2, -0.15) is 0 Å². The number of hydrogen-bond acceptors (Lipinski definition) is 4. The molecule has 104 valence electrons. The van der Waals surface area contributed by atoms with Crippen LogP contribution in [0.15, 0.2) is 18.2 Å². The van der Waals surface area contributed by atoms with Gasteiger partial charge < -0.3 is 15.8 Å². The van der Waals surface area contributed by atoms with Crippen molar-refractivity contribution in [2.24, 2.45) is 0 Å². The standard InChI is InChI=1S/C13H17ClN2O3/c1-7(2)16-12(17)8(3)19-13(18)9-4-5-11(15)10(14)6-9/h4-8H,15H2,1-3H3,(H,16,17). The second kappa shape index (κ2) is 6.43. The molecule has 1 amide bonds. The summed E-state index contributed by atoms with van der Waals surface area (Å²) < 4.78 is 5.04. The molecule has 1 atom stereocenters. The zero-order chi connectivity index (χ0) is 14.6. The third-order valence-electron chi connectivity index (χ3n) is 2.32. The second-order valence-corrected chi connectivity index (χ2v) is 4.85. The van der Waals surface area contributed by atoms with Gasteiger partial charge in [-0.1, -0.05) is 11.6 Å². The number of benzene rings is 1. The van der Waals surface area contributed by atoms with Crippen LogP contribution < -0.4 is 11.1 Å². The average molecular weight is 285 g/mol. The van der Waals surface area contributed by atoms with Gasteiger partial charge in [-0.05, 0) is 39.0 Å². The molecule has 1 unspecified atom stereocenters. The number of halogens is 1. The molecule has 0 bridgehead atoms. The van der Waals surface area contributed by atoms with Crippen molar-refractivity contribution in [1.82, 2.24) is 5.32 Å². The predicted molar refractivity (Wildman–Crippen MR) is 74.0 cm³/mol. The Kier molecular flexibility index (Phi) is 5.18. The maximum absolute atomic E-state index is 11.8. The monoisotopic (exact) mass is 284 g/mol. The second-order valence-electron chi connectivity index (χ2n) is 4.45. The number of ether oxygens (including phenoxy) is 1. The summed E-state index contributed by atoms with van der Waals surface area (Å²) in [6.45, 7) is 5.16. The number of anilines is 1. The minimum atomic E-state index is -0.869. The van der Waals surface area contributed by atoms with E-state index in [1.54, 1.807) is 0 Å². The molecule has 1 rings (SSSR count). The van der Waals surface area contributed by atoms with Gasteiger partial charge in [0.1, 0.15) is 0 Å². The Bertz CT molecular complexity index is 489. The van der Waals surface area contributed by atoms with Crippen LogP contribution in [0.5, 0.6) is 0 Å². The van der Waals surface area contributed by atoms with Crippen molar-refractivity contribution in [3.63, 3.8) is 0 Å². The van der Waals surface area contributed by atoms with Gasteiger partial charge in [0.25, 0.3) is 5.91 Å². The van der Waals surface area contributed by atoms with Gasteiger partial charge in [-0.3, -0.25) is 4.79 Å². The van der Waals surface area contributed by atoms with Crippen LogP contribution in [-0.4, -0.2) is 24.0 Å².